The number of aliphatic hydroxyl groups excluding tert-OH is 2. The molecule has 0 aliphatic carbocycles. The van der Waals surface area contributed by atoms with E-state index in [1.807, 2.05) is 0 Å². The normalized spacial score (nSPS) is 21.4. The number of nitrogens with zero attached hydrogens (tertiary/aromatic N) is 4. The van der Waals surface area contributed by atoms with E-state index in [0.29, 0.717) is 6.61 Å². The molecule has 3 rings (SSSR count). The summed E-state index contributed by atoms with van der Waals surface area (Å²) in [6.45, 7) is 1.50. The van der Waals surface area contributed by atoms with Gasteiger partial charge in [0.15, 0.2) is 17.6 Å². The van der Waals surface area contributed by atoms with Crippen LogP contribution in [0.1, 0.15) is 18.7 Å². The van der Waals surface area contributed by atoms with Crippen LogP contribution in [-0.2, 0) is 4.74 Å². The molecule has 0 aromatic carbocycles. The number of ether oxygens (including phenoxy) is 2. The topological polar surface area (TPSA) is 128 Å². The minimum atomic E-state index is -1.84. The van der Waals surface area contributed by atoms with Gasteiger partial charge in [0.05, 0.1) is 12.8 Å². The molecule has 1 aliphatic heterocycles. The van der Waals surface area contributed by atoms with Crippen LogP contribution in [0.2, 0.25) is 0 Å². The Kier molecular flexibility index (Phi) is 3.45. The lowest BCUT2D eigenvalue weighted by atomic mass is 10.1. The Bertz CT molecular complexity index is 746. The van der Waals surface area contributed by atoms with E-state index in [-0.39, 0.29) is 28.9 Å². The van der Waals surface area contributed by atoms with Crippen LogP contribution >= 0.6 is 0 Å². The second-order valence-corrected chi connectivity index (χ2v) is 4.53. The van der Waals surface area contributed by atoms with E-state index in [1.165, 1.54) is 10.7 Å². The van der Waals surface area contributed by atoms with E-state index < -0.39 is 24.6 Å². The van der Waals surface area contributed by atoms with Gasteiger partial charge in [0.1, 0.15) is 12.3 Å². The molecule has 0 saturated heterocycles. The SMILES string of the molecule is CCOc1nc(N)nn2c([C@@H]3OC(CO)=C(O)[C@H]3F)cnc12. The van der Waals surface area contributed by atoms with Crippen LogP contribution < -0.4 is 10.5 Å². The van der Waals surface area contributed by atoms with Gasteiger partial charge in [-0.1, -0.05) is 0 Å². The number of aromatic nitrogens is 4. The van der Waals surface area contributed by atoms with Crippen LogP contribution in [0, 0.1) is 0 Å². The highest BCUT2D eigenvalue weighted by Crippen LogP contribution is 2.37. The Balaban J connectivity index is 2.06. The van der Waals surface area contributed by atoms with Crippen molar-refractivity contribution in [3.63, 3.8) is 0 Å². The Labute approximate surface area is 123 Å². The van der Waals surface area contributed by atoms with E-state index >= 15 is 0 Å². The highest BCUT2D eigenvalue weighted by molar-refractivity contribution is 5.51. The molecule has 0 bridgehead atoms. The van der Waals surface area contributed by atoms with E-state index in [9.17, 15) is 9.50 Å². The van der Waals surface area contributed by atoms with Crippen LogP contribution in [0.4, 0.5) is 10.3 Å². The molecule has 9 nitrogen and oxygen atoms in total. The third kappa shape index (κ3) is 2.08. The summed E-state index contributed by atoms with van der Waals surface area (Å²) in [5.41, 5.74) is 6.08. The second kappa shape index (κ2) is 5.30. The number of aliphatic hydroxyl groups is 2. The molecule has 1 aliphatic rings. The molecule has 0 radical (unpaired) electrons. The van der Waals surface area contributed by atoms with Crippen molar-refractivity contribution in [2.75, 3.05) is 18.9 Å². The minimum absolute atomic E-state index is 0.0804. The first-order valence-corrected chi connectivity index (χ1v) is 6.54. The molecule has 2 aromatic rings. The number of fused-ring (bicyclic) bond motifs is 1. The van der Waals surface area contributed by atoms with Crippen molar-refractivity contribution in [3.8, 4) is 5.88 Å². The van der Waals surface area contributed by atoms with Gasteiger partial charge in [-0.2, -0.15) is 4.98 Å². The minimum Gasteiger partial charge on any atom is -0.506 e. The molecule has 0 unspecified atom stereocenters. The van der Waals surface area contributed by atoms with Crippen LogP contribution in [0.15, 0.2) is 17.7 Å². The number of anilines is 1. The van der Waals surface area contributed by atoms with E-state index in [2.05, 4.69) is 15.1 Å². The van der Waals surface area contributed by atoms with Gasteiger partial charge in [-0.15, -0.1) is 5.10 Å². The Morgan fingerprint density at radius 3 is 2.95 bits per heavy atom. The summed E-state index contributed by atoms with van der Waals surface area (Å²) < 4.78 is 26.0. The average molecular weight is 311 g/mol. The fourth-order valence-electron chi connectivity index (χ4n) is 2.22. The summed E-state index contributed by atoms with van der Waals surface area (Å²) in [6.07, 6.45) is -1.70. The average Bonchev–Trinajstić information content (AvgIpc) is 3.02. The molecular formula is C12H14FN5O4. The molecular weight excluding hydrogens is 297 g/mol. The maximum Gasteiger partial charge on any atom is 0.263 e. The van der Waals surface area contributed by atoms with E-state index in [4.69, 9.17) is 20.3 Å². The monoisotopic (exact) mass is 311 g/mol. The number of alkyl halides is 1. The van der Waals surface area contributed by atoms with Gasteiger partial charge in [-0.05, 0) is 6.92 Å². The molecule has 3 heterocycles. The molecule has 0 saturated carbocycles. The summed E-state index contributed by atoms with van der Waals surface area (Å²) in [5, 5.41) is 22.6. The second-order valence-electron chi connectivity index (χ2n) is 4.53. The van der Waals surface area contributed by atoms with Gasteiger partial charge in [0.2, 0.25) is 17.8 Å². The smallest absolute Gasteiger partial charge is 0.263 e. The molecule has 2 aromatic heterocycles. The lowest BCUT2D eigenvalue weighted by Gasteiger charge is -2.13. The van der Waals surface area contributed by atoms with E-state index in [1.54, 1.807) is 6.92 Å². The first-order chi connectivity index (χ1) is 10.6. The number of imidazole rings is 1. The summed E-state index contributed by atoms with van der Waals surface area (Å²) in [4.78, 5) is 8.00. The van der Waals surface area contributed by atoms with Crippen molar-refractivity contribution in [1.29, 1.82) is 0 Å². The zero-order chi connectivity index (χ0) is 15.9. The van der Waals surface area contributed by atoms with Crippen LogP contribution in [-0.4, -0.2) is 49.2 Å². The number of hydrogen-bond acceptors (Lipinski definition) is 8. The predicted octanol–water partition coefficient (Wildman–Crippen LogP) is 0.276. The number of halogens is 1. The number of nitrogen functional groups attached to an aromatic ring is 1. The highest BCUT2D eigenvalue weighted by Gasteiger charge is 2.40. The van der Waals surface area contributed by atoms with Crippen LogP contribution in [0.5, 0.6) is 5.88 Å². The molecule has 0 spiro atoms. The molecule has 10 heteroatoms. The van der Waals surface area contributed by atoms with Crippen molar-refractivity contribution in [3.05, 3.63) is 23.4 Å². The number of hydrogen-bond donors (Lipinski definition) is 3. The summed E-state index contributed by atoms with van der Waals surface area (Å²) >= 11 is 0. The maximum atomic E-state index is 14.2. The molecule has 0 fully saturated rings. The van der Waals surface area contributed by atoms with Gasteiger partial charge in [-0.25, -0.2) is 13.9 Å². The van der Waals surface area contributed by atoms with Gasteiger partial charge in [0, 0.05) is 0 Å². The molecule has 4 N–H and O–H groups in total. The molecule has 0 amide bonds. The number of nitrogens with two attached hydrogens (primary N) is 1. The molecule has 2 atom stereocenters. The van der Waals surface area contributed by atoms with Gasteiger partial charge < -0.3 is 25.4 Å². The van der Waals surface area contributed by atoms with Crippen molar-refractivity contribution in [2.45, 2.75) is 19.2 Å². The predicted molar refractivity (Wildman–Crippen MR) is 71.8 cm³/mol. The Morgan fingerprint density at radius 2 is 2.32 bits per heavy atom. The zero-order valence-corrected chi connectivity index (χ0v) is 11.6. The summed E-state index contributed by atoms with van der Waals surface area (Å²) in [5.74, 6) is -0.786. The van der Waals surface area contributed by atoms with Crippen LogP contribution in [0.3, 0.4) is 0 Å². The zero-order valence-electron chi connectivity index (χ0n) is 11.6. The van der Waals surface area contributed by atoms with Crippen molar-refractivity contribution in [2.24, 2.45) is 0 Å². The fourth-order valence-corrected chi connectivity index (χ4v) is 2.22. The first kappa shape index (κ1) is 14.3. The summed E-state index contributed by atoms with van der Waals surface area (Å²) in [7, 11) is 0. The van der Waals surface area contributed by atoms with Crippen molar-refractivity contribution >= 4 is 11.6 Å². The molecule has 22 heavy (non-hydrogen) atoms. The Morgan fingerprint density at radius 1 is 1.55 bits per heavy atom. The largest absolute Gasteiger partial charge is 0.506 e. The van der Waals surface area contributed by atoms with Crippen LogP contribution in [0.25, 0.3) is 5.65 Å². The lowest BCUT2D eigenvalue weighted by Crippen LogP contribution is -2.16. The quantitative estimate of drug-likeness (QED) is 0.734. The van der Waals surface area contributed by atoms with Crippen molar-refractivity contribution < 1.29 is 24.1 Å². The van der Waals surface area contributed by atoms with E-state index in [0.717, 1.165) is 0 Å². The maximum absolute atomic E-state index is 14.2. The van der Waals surface area contributed by atoms with Gasteiger partial charge in [-0.3, -0.25) is 0 Å². The Hall–Kier alpha value is -2.62. The third-order valence-corrected chi connectivity index (χ3v) is 3.17. The fraction of sp³-hybridized carbons (Fsp3) is 0.417. The van der Waals surface area contributed by atoms with Crippen molar-refractivity contribution in [1.82, 2.24) is 19.6 Å². The standard InChI is InChI=1S/C12H14FN5O4/c1-2-21-11-10-15-3-5(18(10)17-12(14)16-11)9-7(13)8(20)6(4-19)22-9/h3,7,9,19-20H,2,4H2,1H3,(H2,14,17)/t7-,9+/m1/s1. The third-order valence-electron chi connectivity index (χ3n) is 3.17. The van der Waals surface area contributed by atoms with Gasteiger partial charge >= 0.3 is 0 Å². The number of rotatable bonds is 4. The summed E-state index contributed by atoms with van der Waals surface area (Å²) in [6, 6.07) is 0. The highest BCUT2D eigenvalue weighted by atomic mass is 19.1. The van der Waals surface area contributed by atoms with Gasteiger partial charge in [0.25, 0.3) is 5.88 Å². The molecule has 118 valence electrons. The first-order valence-electron chi connectivity index (χ1n) is 6.54. The lowest BCUT2D eigenvalue weighted by molar-refractivity contribution is 0.0689.